The van der Waals surface area contributed by atoms with Gasteiger partial charge in [-0.25, -0.2) is 0 Å². The molecule has 0 unspecified atom stereocenters. The van der Waals surface area contributed by atoms with Crippen LogP contribution in [-0.4, -0.2) is 36.3 Å². The molecule has 1 saturated heterocycles. The second-order valence-corrected chi connectivity index (χ2v) is 7.23. The predicted octanol–water partition coefficient (Wildman–Crippen LogP) is 3.58. The summed E-state index contributed by atoms with van der Waals surface area (Å²) in [6, 6.07) is 14.9. The van der Waals surface area contributed by atoms with Gasteiger partial charge in [-0.15, -0.1) is 0 Å². The van der Waals surface area contributed by atoms with Crippen molar-refractivity contribution < 1.29 is 9.59 Å². The van der Waals surface area contributed by atoms with Gasteiger partial charge in [0.2, 0.25) is 5.91 Å². The van der Waals surface area contributed by atoms with E-state index in [1.54, 1.807) is 6.07 Å². The van der Waals surface area contributed by atoms with Crippen LogP contribution in [0, 0.1) is 3.57 Å². The Balaban J connectivity index is 1.55. The maximum absolute atomic E-state index is 12.4. The standard InChI is InChI=1S/C19H20IN3O2/c20-15-6-8-16(9-7-15)22-18(24)13-21-17-5-3-4-14(12-17)19(25)23-10-1-2-11-23/h3-9,12,21H,1-2,10-11,13H2,(H,22,24). The minimum absolute atomic E-state index is 0.0597. The average Bonchev–Trinajstić information content (AvgIpc) is 3.16. The summed E-state index contributed by atoms with van der Waals surface area (Å²) in [6.45, 7) is 1.80. The molecule has 0 spiro atoms. The smallest absolute Gasteiger partial charge is 0.253 e. The summed E-state index contributed by atoms with van der Waals surface area (Å²) in [5.41, 5.74) is 2.19. The lowest BCUT2D eigenvalue weighted by atomic mass is 10.1. The van der Waals surface area contributed by atoms with Crippen molar-refractivity contribution in [1.82, 2.24) is 4.90 Å². The summed E-state index contributed by atoms with van der Waals surface area (Å²) in [7, 11) is 0. The Morgan fingerprint density at radius 2 is 1.72 bits per heavy atom. The molecular weight excluding hydrogens is 429 g/mol. The van der Waals surface area contributed by atoms with Crippen molar-refractivity contribution in [3.8, 4) is 0 Å². The lowest BCUT2D eigenvalue weighted by Crippen LogP contribution is -2.27. The molecule has 130 valence electrons. The van der Waals surface area contributed by atoms with Gasteiger partial charge in [-0.3, -0.25) is 9.59 Å². The number of amides is 2. The summed E-state index contributed by atoms with van der Waals surface area (Å²) in [6.07, 6.45) is 2.14. The van der Waals surface area contributed by atoms with E-state index in [9.17, 15) is 9.59 Å². The number of hydrogen-bond acceptors (Lipinski definition) is 3. The van der Waals surface area contributed by atoms with Gasteiger partial charge >= 0.3 is 0 Å². The monoisotopic (exact) mass is 449 g/mol. The molecule has 2 N–H and O–H groups in total. The van der Waals surface area contributed by atoms with Crippen molar-refractivity contribution in [3.63, 3.8) is 0 Å². The molecule has 1 fully saturated rings. The van der Waals surface area contributed by atoms with Gasteiger partial charge in [-0.2, -0.15) is 0 Å². The molecule has 0 aromatic heterocycles. The highest BCUT2D eigenvalue weighted by atomic mass is 127. The van der Waals surface area contributed by atoms with E-state index >= 15 is 0 Å². The van der Waals surface area contributed by atoms with Crippen LogP contribution in [0.25, 0.3) is 0 Å². The third kappa shape index (κ3) is 4.94. The van der Waals surface area contributed by atoms with Gasteiger partial charge in [0.05, 0.1) is 6.54 Å². The Hall–Kier alpha value is -2.09. The Kier molecular flexibility index (Phi) is 5.91. The molecule has 1 heterocycles. The van der Waals surface area contributed by atoms with Crippen molar-refractivity contribution in [1.29, 1.82) is 0 Å². The van der Waals surface area contributed by atoms with Gasteiger partial charge in [-0.05, 0) is 77.9 Å². The molecule has 0 bridgehead atoms. The highest BCUT2D eigenvalue weighted by Crippen LogP contribution is 2.16. The third-order valence-corrected chi connectivity index (χ3v) is 4.80. The molecule has 1 aliphatic rings. The van der Waals surface area contributed by atoms with E-state index in [1.165, 1.54) is 0 Å². The molecule has 1 aliphatic heterocycles. The average molecular weight is 449 g/mol. The highest BCUT2D eigenvalue weighted by molar-refractivity contribution is 14.1. The fourth-order valence-corrected chi connectivity index (χ4v) is 3.15. The topological polar surface area (TPSA) is 61.4 Å². The lowest BCUT2D eigenvalue weighted by molar-refractivity contribution is -0.114. The van der Waals surface area contributed by atoms with Crippen molar-refractivity contribution in [2.75, 3.05) is 30.3 Å². The molecule has 5 nitrogen and oxygen atoms in total. The number of halogens is 1. The van der Waals surface area contributed by atoms with E-state index in [-0.39, 0.29) is 18.4 Å². The van der Waals surface area contributed by atoms with Crippen molar-refractivity contribution in [3.05, 3.63) is 57.7 Å². The first-order valence-electron chi connectivity index (χ1n) is 8.30. The van der Waals surface area contributed by atoms with E-state index in [0.717, 1.165) is 40.9 Å². The van der Waals surface area contributed by atoms with Crippen molar-refractivity contribution in [2.45, 2.75) is 12.8 Å². The Labute approximate surface area is 160 Å². The Morgan fingerprint density at radius 1 is 1.00 bits per heavy atom. The number of nitrogens with zero attached hydrogens (tertiary/aromatic N) is 1. The summed E-state index contributed by atoms with van der Waals surface area (Å²) in [5, 5.41) is 5.92. The molecule has 2 aromatic carbocycles. The van der Waals surface area contributed by atoms with Crippen LogP contribution in [0.15, 0.2) is 48.5 Å². The molecular formula is C19H20IN3O2. The fourth-order valence-electron chi connectivity index (χ4n) is 2.79. The van der Waals surface area contributed by atoms with E-state index in [4.69, 9.17) is 0 Å². The summed E-state index contributed by atoms with van der Waals surface area (Å²) in [5.74, 6) is -0.0676. The zero-order valence-electron chi connectivity index (χ0n) is 13.8. The Morgan fingerprint density at radius 3 is 2.44 bits per heavy atom. The molecule has 2 aromatic rings. The quantitative estimate of drug-likeness (QED) is 0.687. The van der Waals surface area contributed by atoms with Gasteiger partial charge in [-0.1, -0.05) is 6.07 Å². The molecule has 6 heteroatoms. The van der Waals surface area contributed by atoms with E-state index in [2.05, 4.69) is 33.2 Å². The first-order valence-corrected chi connectivity index (χ1v) is 9.38. The van der Waals surface area contributed by atoms with Crippen molar-refractivity contribution >= 4 is 45.8 Å². The number of anilines is 2. The van der Waals surface area contributed by atoms with Gasteiger partial charge < -0.3 is 15.5 Å². The summed E-state index contributed by atoms with van der Waals surface area (Å²) in [4.78, 5) is 26.3. The fraction of sp³-hybridized carbons (Fsp3) is 0.263. The second-order valence-electron chi connectivity index (χ2n) is 5.99. The largest absolute Gasteiger partial charge is 0.376 e. The zero-order chi connectivity index (χ0) is 17.6. The predicted molar refractivity (Wildman–Crippen MR) is 108 cm³/mol. The maximum atomic E-state index is 12.4. The Bertz CT molecular complexity index is 756. The van der Waals surface area contributed by atoms with E-state index in [0.29, 0.717) is 5.56 Å². The number of hydrogen-bond donors (Lipinski definition) is 2. The van der Waals surface area contributed by atoms with Gasteiger partial charge in [0.25, 0.3) is 5.91 Å². The normalized spacial score (nSPS) is 13.6. The van der Waals surface area contributed by atoms with Crippen LogP contribution in [0.1, 0.15) is 23.2 Å². The van der Waals surface area contributed by atoms with Crippen LogP contribution < -0.4 is 10.6 Å². The molecule has 25 heavy (non-hydrogen) atoms. The van der Waals surface area contributed by atoms with Crippen LogP contribution in [-0.2, 0) is 4.79 Å². The molecule has 2 amide bonds. The first-order chi connectivity index (χ1) is 12.1. The molecule has 0 aliphatic carbocycles. The lowest BCUT2D eigenvalue weighted by Gasteiger charge is -2.16. The van der Waals surface area contributed by atoms with Crippen LogP contribution in [0.4, 0.5) is 11.4 Å². The van der Waals surface area contributed by atoms with Crippen molar-refractivity contribution in [2.24, 2.45) is 0 Å². The summed E-state index contributed by atoms with van der Waals surface area (Å²) >= 11 is 2.22. The zero-order valence-corrected chi connectivity index (χ0v) is 16.0. The molecule has 0 saturated carbocycles. The van der Waals surface area contributed by atoms with Crippen LogP contribution in [0.5, 0.6) is 0 Å². The molecule has 3 rings (SSSR count). The minimum Gasteiger partial charge on any atom is -0.376 e. The van der Waals surface area contributed by atoms with Gasteiger partial charge in [0, 0.05) is 33.6 Å². The number of benzene rings is 2. The highest BCUT2D eigenvalue weighted by Gasteiger charge is 2.19. The first kappa shape index (κ1) is 17.7. The van der Waals surface area contributed by atoms with Gasteiger partial charge in [0.15, 0.2) is 0 Å². The van der Waals surface area contributed by atoms with Gasteiger partial charge in [0.1, 0.15) is 0 Å². The minimum atomic E-state index is -0.127. The number of likely N-dealkylation sites (tertiary alicyclic amines) is 1. The van der Waals surface area contributed by atoms with E-state index < -0.39 is 0 Å². The van der Waals surface area contributed by atoms with E-state index in [1.807, 2.05) is 47.4 Å². The number of rotatable bonds is 5. The van der Waals surface area contributed by atoms with Crippen LogP contribution in [0.2, 0.25) is 0 Å². The number of nitrogens with one attached hydrogen (secondary N) is 2. The van der Waals surface area contributed by atoms with Crippen LogP contribution in [0.3, 0.4) is 0 Å². The maximum Gasteiger partial charge on any atom is 0.253 e. The third-order valence-electron chi connectivity index (χ3n) is 4.08. The van der Waals surface area contributed by atoms with Crippen LogP contribution >= 0.6 is 22.6 Å². The number of carbonyl (C=O) groups excluding carboxylic acids is 2. The molecule has 0 radical (unpaired) electrons. The number of carbonyl (C=O) groups is 2. The summed E-state index contributed by atoms with van der Waals surface area (Å²) < 4.78 is 1.12. The SMILES string of the molecule is O=C(CNc1cccc(C(=O)N2CCCC2)c1)Nc1ccc(I)cc1. The molecule has 0 atom stereocenters. The second kappa shape index (κ2) is 8.33.